The van der Waals surface area contributed by atoms with Crippen LogP contribution in [0.4, 0.5) is 8.78 Å². The molecule has 0 amide bonds. The van der Waals surface area contributed by atoms with Crippen LogP contribution in [0.1, 0.15) is 37.2 Å². The van der Waals surface area contributed by atoms with Crippen LogP contribution in [0.15, 0.2) is 23.2 Å². The Bertz CT molecular complexity index is 616. The number of hydrogen-bond donors (Lipinski definition) is 2. The molecule has 1 saturated carbocycles. The highest BCUT2D eigenvalue weighted by Gasteiger charge is 2.44. The van der Waals surface area contributed by atoms with Crippen LogP contribution in [0.5, 0.6) is 0 Å². The van der Waals surface area contributed by atoms with Crippen molar-refractivity contribution >= 4 is 5.96 Å². The Kier molecular flexibility index (Phi) is 3.71. The number of halogens is 2. The number of guanidine groups is 1. The number of hydrogen-bond acceptors (Lipinski definition) is 2. The molecular weight excluding hydrogens is 300 g/mol. The van der Waals surface area contributed by atoms with Gasteiger partial charge in [0.05, 0.1) is 18.2 Å². The Labute approximate surface area is 134 Å². The van der Waals surface area contributed by atoms with Crippen molar-refractivity contribution in [1.29, 1.82) is 0 Å². The minimum absolute atomic E-state index is 0.0205. The molecule has 2 heterocycles. The van der Waals surface area contributed by atoms with Gasteiger partial charge in [0.2, 0.25) is 0 Å². The molecule has 2 bridgehead atoms. The van der Waals surface area contributed by atoms with Crippen LogP contribution >= 0.6 is 0 Å². The van der Waals surface area contributed by atoms with Crippen LogP contribution in [0.3, 0.4) is 0 Å². The maximum absolute atomic E-state index is 13.8. The third kappa shape index (κ3) is 2.80. The summed E-state index contributed by atoms with van der Waals surface area (Å²) in [6.07, 6.45) is 4.58. The molecule has 2 N–H and O–H groups in total. The van der Waals surface area contributed by atoms with Gasteiger partial charge in [-0.2, -0.15) is 0 Å². The van der Waals surface area contributed by atoms with Gasteiger partial charge in [-0.05, 0) is 37.8 Å². The highest BCUT2D eigenvalue weighted by Crippen LogP contribution is 2.43. The Morgan fingerprint density at radius 1 is 1.13 bits per heavy atom. The standard InChI is InChI=1S/C17H21F2N3O/c1-20-17(22-14-7-9-5-6-15(14)23-9)21-13-8-10(13)16-11(18)3-2-4-12(16)19/h2-4,9-10,13-15H,5-8H2,1H3,(H2,20,21,22). The molecule has 3 fully saturated rings. The van der Waals surface area contributed by atoms with Gasteiger partial charge < -0.3 is 15.4 Å². The summed E-state index contributed by atoms with van der Waals surface area (Å²) in [4.78, 5) is 4.24. The zero-order valence-electron chi connectivity index (χ0n) is 13.1. The molecule has 3 aliphatic rings. The van der Waals surface area contributed by atoms with Crippen LogP contribution in [0.2, 0.25) is 0 Å². The van der Waals surface area contributed by atoms with Gasteiger partial charge in [-0.15, -0.1) is 0 Å². The van der Waals surface area contributed by atoms with Crippen LogP contribution in [0, 0.1) is 11.6 Å². The molecule has 4 rings (SSSR count). The summed E-state index contributed by atoms with van der Waals surface area (Å²) in [5, 5.41) is 6.68. The zero-order valence-corrected chi connectivity index (χ0v) is 13.1. The largest absolute Gasteiger partial charge is 0.373 e. The SMILES string of the molecule is CN=C(NC1CC2CCC1O2)NC1CC1c1c(F)cccc1F. The lowest BCUT2D eigenvalue weighted by Crippen LogP contribution is -2.48. The van der Waals surface area contributed by atoms with E-state index in [-0.39, 0.29) is 29.7 Å². The normalized spacial score (nSPS) is 35.4. The molecule has 1 aromatic rings. The van der Waals surface area contributed by atoms with E-state index in [9.17, 15) is 8.78 Å². The molecule has 23 heavy (non-hydrogen) atoms. The van der Waals surface area contributed by atoms with E-state index in [1.54, 1.807) is 7.05 Å². The van der Waals surface area contributed by atoms with E-state index in [2.05, 4.69) is 15.6 Å². The number of ether oxygens (including phenoxy) is 1. The molecule has 6 heteroatoms. The van der Waals surface area contributed by atoms with Gasteiger partial charge in [-0.3, -0.25) is 4.99 Å². The topological polar surface area (TPSA) is 45.7 Å². The third-order valence-electron chi connectivity index (χ3n) is 5.13. The first-order valence-electron chi connectivity index (χ1n) is 8.25. The predicted octanol–water partition coefficient (Wildman–Crippen LogP) is 2.31. The minimum Gasteiger partial charge on any atom is -0.373 e. The van der Waals surface area contributed by atoms with Gasteiger partial charge in [-0.1, -0.05) is 6.07 Å². The van der Waals surface area contributed by atoms with Gasteiger partial charge in [0.15, 0.2) is 5.96 Å². The molecule has 0 spiro atoms. The van der Waals surface area contributed by atoms with Gasteiger partial charge in [0.1, 0.15) is 11.6 Å². The second-order valence-corrected chi connectivity index (χ2v) is 6.66. The van der Waals surface area contributed by atoms with Crippen LogP contribution in [-0.4, -0.2) is 37.3 Å². The number of nitrogens with zero attached hydrogens (tertiary/aromatic N) is 1. The summed E-state index contributed by atoms with van der Waals surface area (Å²) in [6, 6.07) is 4.32. The summed E-state index contributed by atoms with van der Waals surface area (Å²) >= 11 is 0. The fraction of sp³-hybridized carbons (Fsp3) is 0.588. The number of fused-ring (bicyclic) bond motifs is 2. The van der Waals surface area contributed by atoms with Crippen molar-refractivity contribution < 1.29 is 13.5 Å². The molecule has 2 saturated heterocycles. The second-order valence-electron chi connectivity index (χ2n) is 6.66. The zero-order chi connectivity index (χ0) is 16.0. The van der Waals surface area contributed by atoms with Crippen molar-refractivity contribution in [2.24, 2.45) is 4.99 Å². The smallest absolute Gasteiger partial charge is 0.191 e. The molecule has 1 aliphatic carbocycles. The summed E-state index contributed by atoms with van der Waals surface area (Å²) in [7, 11) is 1.71. The first-order valence-corrected chi connectivity index (χ1v) is 8.25. The van der Waals surface area contributed by atoms with Crippen molar-refractivity contribution in [1.82, 2.24) is 10.6 Å². The predicted molar refractivity (Wildman–Crippen MR) is 83.4 cm³/mol. The first kappa shape index (κ1) is 14.9. The van der Waals surface area contributed by atoms with Crippen molar-refractivity contribution in [3.05, 3.63) is 35.4 Å². The van der Waals surface area contributed by atoms with Crippen molar-refractivity contribution in [2.45, 2.75) is 55.9 Å². The van der Waals surface area contributed by atoms with Crippen LogP contribution in [-0.2, 0) is 4.74 Å². The third-order valence-corrected chi connectivity index (χ3v) is 5.13. The molecule has 4 nitrogen and oxygen atoms in total. The van der Waals surface area contributed by atoms with Crippen molar-refractivity contribution in [2.75, 3.05) is 7.05 Å². The van der Waals surface area contributed by atoms with Gasteiger partial charge in [-0.25, -0.2) is 8.78 Å². The molecule has 1 aromatic carbocycles. The summed E-state index contributed by atoms with van der Waals surface area (Å²) in [6.45, 7) is 0. The highest BCUT2D eigenvalue weighted by molar-refractivity contribution is 5.81. The maximum atomic E-state index is 13.8. The summed E-state index contributed by atoms with van der Waals surface area (Å²) in [5.41, 5.74) is 0.184. The van der Waals surface area contributed by atoms with Gasteiger partial charge in [0, 0.05) is 24.6 Å². The van der Waals surface area contributed by atoms with Gasteiger partial charge in [0.25, 0.3) is 0 Å². The first-order chi connectivity index (χ1) is 11.2. The lowest BCUT2D eigenvalue weighted by atomic mass is 9.96. The fourth-order valence-corrected chi connectivity index (χ4v) is 3.85. The summed E-state index contributed by atoms with van der Waals surface area (Å²) in [5.74, 6) is -0.381. The molecule has 2 aliphatic heterocycles. The average Bonchev–Trinajstić information content (AvgIpc) is 2.95. The lowest BCUT2D eigenvalue weighted by molar-refractivity contribution is 0.0992. The minimum atomic E-state index is -0.469. The van der Waals surface area contributed by atoms with E-state index in [0.29, 0.717) is 18.5 Å². The van der Waals surface area contributed by atoms with E-state index in [4.69, 9.17) is 4.74 Å². The Morgan fingerprint density at radius 3 is 2.48 bits per heavy atom. The highest BCUT2D eigenvalue weighted by atomic mass is 19.1. The number of benzene rings is 1. The quantitative estimate of drug-likeness (QED) is 0.663. The molecule has 5 atom stereocenters. The number of nitrogens with one attached hydrogen (secondary N) is 2. The Hall–Kier alpha value is -1.69. The Balaban J connectivity index is 1.37. The molecular formula is C17H21F2N3O. The van der Waals surface area contributed by atoms with E-state index in [0.717, 1.165) is 19.3 Å². The van der Waals surface area contributed by atoms with E-state index >= 15 is 0 Å². The van der Waals surface area contributed by atoms with Crippen LogP contribution in [0.25, 0.3) is 0 Å². The Morgan fingerprint density at radius 2 is 1.87 bits per heavy atom. The average molecular weight is 321 g/mol. The lowest BCUT2D eigenvalue weighted by Gasteiger charge is -2.22. The monoisotopic (exact) mass is 321 g/mol. The fourth-order valence-electron chi connectivity index (χ4n) is 3.85. The van der Waals surface area contributed by atoms with Crippen LogP contribution < -0.4 is 10.6 Å². The molecule has 0 radical (unpaired) electrons. The summed E-state index contributed by atoms with van der Waals surface area (Å²) < 4.78 is 33.5. The van der Waals surface area contributed by atoms with E-state index in [1.165, 1.54) is 18.2 Å². The number of aliphatic imine (C=N–C) groups is 1. The molecule has 124 valence electrons. The van der Waals surface area contributed by atoms with Crippen molar-refractivity contribution in [3.63, 3.8) is 0 Å². The second kappa shape index (κ2) is 5.74. The molecule has 5 unspecified atom stereocenters. The molecule has 0 aromatic heterocycles. The maximum Gasteiger partial charge on any atom is 0.191 e. The van der Waals surface area contributed by atoms with E-state index in [1.807, 2.05) is 0 Å². The number of rotatable bonds is 3. The van der Waals surface area contributed by atoms with Crippen molar-refractivity contribution in [3.8, 4) is 0 Å². The van der Waals surface area contributed by atoms with Gasteiger partial charge >= 0.3 is 0 Å². The van der Waals surface area contributed by atoms with E-state index < -0.39 is 11.6 Å².